The number of aromatic nitrogens is 2. The Morgan fingerprint density at radius 3 is 2.81 bits per heavy atom. The summed E-state index contributed by atoms with van der Waals surface area (Å²) in [5.74, 6) is -0.0468. The van der Waals surface area contributed by atoms with Gasteiger partial charge in [-0.15, -0.1) is 11.3 Å². The molecule has 2 amide bonds. The summed E-state index contributed by atoms with van der Waals surface area (Å²) in [5, 5.41) is 3.81. The Morgan fingerprint density at radius 1 is 1.26 bits per heavy atom. The summed E-state index contributed by atoms with van der Waals surface area (Å²) < 4.78 is 5.25. The smallest absolute Gasteiger partial charge is 0.410 e. The van der Waals surface area contributed by atoms with E-state index in [1.165, 1.54) is 0 Å². The molecule has 0 bridgehead atoms. The number of ether oxygens (including phenoxy) is 1. The van der Waals surface area contributed by atoms with Crippen LogP contribution in [0.15, 0.2) is 35.8 Å². The van der Waals surface area contributed by atoms with E-state index in [0.717, 1.165) is 33.6 Å². The third-order valence-corrected chi connectivity index (χ3v) is 6.29. The second-order valence-corrected chi connectivity index (χ2v) is 8.70. The van der Waals surface area contributed by atoms with Crippen LogP contribution in [-0.4, -0.2) is 64.1 Å². The Balaban J connectivity index is 1.53. The molecular formula is C23H26N4O3S. The van der Waals surface area contributed by atoms with Gasteiger partial charge in [-0.1, -0.05) is 13.0 Å². The summed E-state index contributed by atoms with van der Waals surface area (Å²) in [6, 6.07) is 7.60. The van der Waals surface area contributed by atoms with Crippen molar-refractivity contribution in [2.75, 3.05) is 26.2 Å². The van der Waals surface area contributed by atoms with Crippen LogP contribution < -0.4 is 0 Å². The zero-order valence-electron chi connectivity index (χ0n) is 18.0. The molecule has 162 valence electrons. The fraction of sp³-hybridized carbons (Fsp3) is 0.391. The van der Waals surface area contributed by atoms with E-state index >= 15 is 0 Å². The quantitative estimate of drug-likeness (QED) is 0.605. The van der Waals surface area contributed by atoms with Crippen LogP contribution in [0.3, 0.4) is 0 Å². The van der Waals surface area contributed by atoms with Crippen LogP contribution in [-0.2, 0) is 4.74 Å². The SMILES string of the molecule is CCCOC(=O)N1CCN(C(=O)c2ccc3c(C)cc(-c4nccs4)nc3c2)C[C@H]1C. The van der Waals surface area contributed by atoms with Gasteiger partial charge in [-0.2, -0.15) is 0 Å². The average Bonchev–Trinajstić information content (AvgIpc) is 3.31. The summed E-state index contributed by atoms with van der Waals surface area (Å²) in [7, 11) is 0. The lowest BCUT2D eigenvalue weighted by molar-refractivity contribution is 0.0412. The van der Waals surface area contributed by atoms with Gasteiger partial charge in [0.25, 0.3) is 5.91 Å². The maximum Gasteiger partial charge on any atom is 0.410 e. The fourth-order valence-corrected chi connectivity index (χ4v) is 4.46. The van der Waals surface area contributed by atoms with Gasteiger partial charge < -0.3 is 14.5 Å². The van der Waals surface area contributed by atoms with Crippen LogP contribution in [0.25, 0.3) is 21.6 Å². The van der Waals surface area contributed by atoms with Gasteiger partial charge in [-0.3, -0.25) is 4.79 Å². The highest BCUT2D eigenvalue weighted by Crippen LogP contribution is 2.27. The minimum atomic E-state index is -0.304. The predicted molar refractivity (Wildman–Crippen MR) is 121 cm³/mol. The summed E-state index contributed by atoms with van der Waals surface area (Å²) in [5.41, 5.74) is 3.30. The van der Waals surface area contributed by atoms with Gasteiger partial charge >= 0.3 is 6.09 Å². The van der Waals surface area contributed by atoms with Crippen LogP contribution >= 0.6 is 11.3 Å². The number of aryl methyl sites for hydroxylation is 1. The van der Waals surface area contributed by atoms with E-state index in [9.17, 15) is 9.59 Å². The van der Waals surface area contributed by atoms with E-state index in [0.29, 0.717) is 31.8 Å². The largest absolute Gasteiger partial charge is 0.449 e. The number of fused-ring (bicyclic) bond motifs is 1. The molecule has 1 aliphatic heterocycles. The van der Waals surface area contributed by atoms with Gasteiger partial charge in [0.15, 0.2) is 0 Å². The summed E-state index contributed by atoms with van der Waals surface area (Å²) >= 11 is 1.54. The zero-order chi connectivity index (χ0) is 22.0. The number of thiazole rings is 1. The first-order valence-corrected chi connectivity index (χ1v) is 11.4. The number of benzene rings is 1. The predicted octanol–water partition coefficient (Wildman–Crippen LogP) is 4.36. The average molecular weight is 439 g/mol. The molecule has 0 N–H and O–H groups in total. The Hall–Kier alpha value is -3.00. The van der Waals surface area contributed by atoms with E-state index in [2.05, 4.69) is 4.98 Å². The van der Waals surface area contributed by atoms with Gasteiger partial charge in [0.2, 0.25) is 0 Å². The summed E-state index contributed by atoms with van der Waals surface area (Å²) in [6.07, 6.45) is 2.25. The Bertz CT molecular complexity index is 1100. The molecule has 0 saturated carbocycles. The Morgan fingerprint density at radius 2 is 2.10 bits per heavy atom. The number of piperazine rings is 1. The van der Waals surface area contributed by atoms with E-state index < -0.39 is 0 Å². The summed E-state index contributed by atoms with van der Waals surface area (Å²) in [6.45, 7) is 7.79. The lowest BCUT2D eigenvalue weighted by Gasteiger charge is -2.39. The van der Waals surface area contributed by atoms with E-state index in [1.807, 2.05) is 50.4 Å². The molecule has 1 saturated heterocycles. The van der Waals surface area contributed by atoms with Gasteiger partial charge in [-0.25, -0.2) is 14.8 Å². The number of hydrogen-bond acceptors (Lipinski definition) is 6. The third kappa shape index (κ3) is 4.39. The monoisotopic (exact) mass is 438 g/mol. The highest BCUT2D eigenvalue weighted by molar-refractivity contribution is 7.13. The highest BCUT2D eigenvalue weighted by atomic mass is 32.1. The molecule has 7 nitrogen and oxygen atoms in total. The van der Waals surface area contributed by atoms with E-state index in [4.69, 9.17) is 9.72 Å². The van der Waals surface area contributed by atoms with Crippen LogP contribution in [0.5, 0.6) is 0 Å². The van der Waals surface area contributed by atoms with Crippen molar-refractivity contribution in [1.29, 1.82) is 0 Å². The number of hydrogen-bond donors (Lipinski definition) is 0. The molecule has 8 heteroatoms. The first kappa shape index (κ1) is 21.2. The fourth-order valence-electron chi connectivity index (χ4n) is 3.86. The number of carbonyl (C=O) groups is 2. The van der Waals surface area contributed by atoms with Gasteiger partial charge in [0.1, 0.15) is 5.01 Å². The van der Waals surface area contributed by atoms with Gasteiger partial charge in [0, 0.05) is 48.2 Å². The topological polar surface area (TPSA) is 75.6 Å². The van der Waals surface area contributed by atoms with Crippen molar-refractivity contribution in [2.45, 2.75) is 33.2 Å². The first-order chi connectivity index (χ1) is 15.0. The van der Waals surface area contributed by atoms with Crippen molar-refractivity contribution in [3.8, 4) is 10.7 Å². The van der Waals surface area contributed by atoms with Crippen molar-refractivity contribution >= 4 is 34.2 Å². The molecule has 3 aromatic rings. The van der Waals surface area contributed by atoms with Gasteiger partial charge in [0.05, 0.1) is 17.8 Å². The molecule has 1 aliphatic rings. The molecule has 31 heavy (non-hydrogen) atoms. The van der Waals surface area contributed by atoms with Crippen molar-refractivity contribution in [3.05, 3.63) is 47.0 Å². The Kier molecular flexibility index (Phi) is 6.18. The number of nitrogens with zero attached hydrogens (tertiary/aromatic N) is 4. The first-order valence-electron chi connectivity index (χ1n) is 10.5. The molecule has 0 radical (unpaired) electrons. The molecule has 3 heterocycles. The Labute approximate surface area is 185 Å². The third-order valence-electron chi connectivity index (χ3n) is 5.49. The maximum absolute atomic E-state index is 13.2. The zero-order valence-corrected chi connectivity index (χ0v) is 18.8. The standard InChI is InChI=1S/C23H26N4O3S/c1-4-10-30-23(29)27-9-8-26(14-16(27)3)22(28)17-5-6-18-15(2)12-20(25-19(18)13-17)21-24-7-11-31-21/h5-7,11-13,16H,4,8-10,14H2,1-3H3/t16-/m1/s1. The number of carbonyl (C=O) groups excluding carboxylic acids is 2. The number of pyridine rings is 1. The lowest BCUT2D eigenvalue weighted by atomic mass is 10.0. The van der Waals surface area contributed by atoms with Crippen LogP contribution in [0.2, 0.25) is 0 Å². The maximum atomic E-state index is 13.2. The molecule has 1 aromatic carbocycles. The molecule has 1 atom stereocenters. The van der Waals surface area contributed by atoms with Crippen molar-refractivity contribution < 1.29 is 14.3 Å². The number of rotatable bonds is 4. The van der Waals surface area contributed by atoms with Crippen molar-refractivity contribution in [3.63, 3.8) is 0 Å². The normalized spacial score (nSPS) is 16.5. The minimum absolute atomic E-state index is 0.0468. The summed E-state index contributed by atoms with van der Waals surface area (Å²) in [4.78, 5) is 38.0. The number of amides is 2. The molecule has 0 unspecified atom stereocenters. The van der Waals surface area contributed by atoms with E-state index in [1.54, 1.807) is 27.3 Å². The molecule has 1 fully saturated rings. The van der Waals surface area contributed by atoms with Crippen molar-refractivity contribution in [1.82, 2.24) is 19.8 Å². The van der Waals surface area contributed by atoms with Gasteiger partial charge in [-0.05, 0) is 44.0 Å². The second-order valence-electron chi connectivity index (χ2n) is 7.80. The minimum Gasteiger partial charge on any atom is -0.449 e. The second kappa shape index (κ2) is 9.01. The molecular weight excluding hydrogens is 412 g/mol. The molecule has 4 rings (SSSR count). The van der Waals surface area contributed by atoms with Crippen LogP contribution in [0.4, 0.5) is 4.79 Å². The highest BCUT2D eigenvalue weighted by Gasteiger charge is 2.31. The molecule has 0 spiro atoms. The lowest BCUT2D eigenvalue weighted by Crippen LogP contribution is -2.55. The molecule has 2 aromatic heterocycles. The van der Waals surface area contributed by atoms with Crippen LogP contribution in [0, 0.1) is 6.92 Å². The molecule has 0 aliphatic carbocycles. The van der Waals surface area contributed by atoms with E-state index in [-0.39, 0.29) is 18.0 Å². The van der Waals surface area contributed by atoms with Crippen molar-refractivity contribution in [2.24, 2.45) is 0 Å². The van der Waals surface area contributed by atoms with Crippen LogP contribution in [0.1, 0.15) is 36.2 Å².